The summed E-state index contributed by atoms with van der Waals surface area (Å²) in [6.45, 7) is 2.22. The van der Waals surface area contributed by atoms with Gasteiger partial charge in [0.15, 0.2) is 8.03 Å². The van der Waals surface area contributed by atoms with Crippen molar-refractivity contribution in [2.24, 2.45) is 0 Å². The van der Waals surface area contributed by atoms with Gasteiger partial charge >= 0.3 is 0 Å². The summed E-state index contributed by atoms with van der Waals surface area (Å²) in [5, 5.41) is 0. The Hall–Kier alpha value is 0.684. The fourth-order valence-electron chi connectivity index (χ4n) is 1.41. The Labute approximate surface area is 98.7 Å². The summed E-state index contributed by atoms with van der Waals surface area (Å²) >= 11 is 0. The smallest absolute Gasteiger partial charge is 0.189 e. The van der Waals surface area contributed by atoms with E-state index >= 15 is 0 Å². The van der Waals surface area contributed by atoms with Gasteiger partial charge < -0.3 is 4.89 Å². The zero-order valence-electron chi connectivity index (χ0n) is 9.04. The summed E-state index contributed by atoms with van der Waals surface area (Å²) in [5.74, 6) is 0. The van der Waals surface area contributed by atoms with E-state index < -0.39 is 8.03 Å². The molecule has 0 aromatic rings. The van der Waals surface area contributed by atoms with E-state index in [0.717, 1.165) is 12.8 Å². The van der Waals surface area contributed by atoms with Crippen LogP contribution in [0.4, 0.5) is 0 Å². The maximum absolute atomic E-state index is 10.4. The molecule has 0 fully saturated rings. The van der Waals surface area contributed by atoms with Crippen LogP contribution in [0.5, 0.6) is 0 Å². The molecule has 0 spiro atoms. The molecule has 2 nitrogen and oxygen atoms in total. The summed E-state index contributed by atoms with van der Waals surface area (Å²) in [4.78, 5) is 8.57. The first-order valence-corrected chi connectivity index (χ1v) is 7.05. The van der Waals surface area contributed by atoms with Crippen molar-refractivity contribution >= 4 is 8.03 Å². The van der Waals surface area contributed by atoms with Gasteiger partial charge in [0, 0.05) is 22.7 Å². The van der Waals surface area contributed by atoms with Crippen molar-refractivity contribution in [1.29, 1.82) is 0 Å². The average molecular weight is 265 g/mol. The van der Waals surface area contributed by atoms with Crippen LogP contribution >= 0.6 is 8.03 Å². The van der Waals surface area contributed by atoms with E-state index in [1.54, 1.807) is 0 Å². The monoisotopic (exact) mass is 264 g/mol. The van der Waals surface area contributed by atoms with E-state index in [4.69, 9.17) is 4.89 Å². The molecule has 4 heteroatoms. The van der Waals surface area contributed by atoms with Crippen molar-refractivity contribution in [3.05, 3.63) is 0 Å². The molecule has 1 unspecified atom stereocenters. The molecule has 0 aliphatic rings. The van der Waals surface area contributed by atoms with Gasteiger partial charge in [-0.05, 0) is 6.42 Å². The van der Waals surface area contributed by atoms with Crippen LogP contribution in [0.2, 0.25) is 0 Å². The first-order valence-electron chi connectivity index (χ1n) is 5.49. The van der Waals surface area contributed by atoms with Crippen LogP contribution in [0.1, 0.15) is 58.3 Å². The molecule has 0 aromatic carbocycles. The minimum atomic E-state index is -2.19. The van der Waals surface area contributed by atoms with Gasteiger partial charge in [0.25, 0.3) is 0 Å². The molecule has 0 heterocycles. The number of hydrogen-bond acceptors (Lipinski definition) is 1. The minimum absolute atomic E-state index is 0. The Kier molecular flexibility index (Phi) is 16.7. The fourth-order valence-corrected chi connectivity index (χ4v) is 1.96. The molecule has 0 saturated heterocycles. The number of unbranched alkanes of at least 4 members (excludes halogenated alkanes) is 7. The number of hydrogen-bond donors (Lipinski definition) is 1. The Morgan fingerprint density at radius 3 is 1.79 bits per heavy atom. The normalized spacial score (nSPS) is 12.1. The van der Waals surface area contributed by atoms with E-state index in [2.05, 4.69) is 6.92 Å². The van der Waals surface area contributed by atoms with E-state index in [9.17, 15) is 4.57 Å². The van der Waals surface area contributed by atoms with Crippen molar-refractivity contribution in [1.82, 2.24) is 0 Å². The standard InChI is InChI=1S/C10H23O2P.Ni/c1-2-3-4-5-6-7-8-9-10-13(11)12;/h13H,2-10H2,1H3,(H,11,12);. The van der Waals surface area contributed by atoms with Gasteiger partial charge in [-0.1, -0.05) is 51.9 Å². The molecule has 1 N–H and O–H groups in total. The van der Waals surface area contributed by atoms with Gasteiger partial charge in [0.2, 0.25) is 0 Å². The Morgan fingerprint density at radius 1 is 0.929 bits per heavy atom. The Balaban J connectivity index is 0. The topological polar surface area (TPSA) is 37.3 Å². The third kappa shape index (κ3) is 15.2. The van der Waals surface area contributed by atoms with Crippen LogP contribution in [0.3, 0.4) is 0 Å². The van der Waals surface area contributed by atoms with Gasteiger partial charge in [-0.2, -0.15) is 0 Å². The summed E-state index contributed by atoms with van der Waals surface area (Å²) in [6, 6.07) is 0. The SMILES string of the molecule is CCCCCCCCCC[PH](=O)O.[Ni]. The van der Waals surface area contributed by atoms with Gasteiger partial charge in [-0.3, -0.25) is 4.57 Å². The van der Waals surface area contributed by atoms with Crippen LogP contribution in [-0.4, -0.2) is 11.1 Å². The molecule has 1 atom stereocenters. The number of rotatable bonds is 9. The molecule has 90 valence electrons. The van der Waals surface area contributed by atoms with Crippen LogP contribution in [0, 0.1) is 0 Å². The van der Waals surface area contributed by atoms with Crippen LogP contribution < -0.4 is 0 Å². The van der Waals surface area contributed by atoms with Crippen molar-refractivity contribution in [3.8, 4) is 0 Å². The second-order valence-electron chi connectivity index (χ2n) is 3.62. The molecular formula is C10H23NiO2P. The van der Waals surface area contributed by atoms with E-state index in [0.29, 0.717) is 6.16 Å². The maximum Gasteiger partial charge on any atom is 0.189 e. The summed E-state index contributed by atoms with van der Waals surface area (Å²) in [5.41, 5.74) is 0. The van der Waals surface area contributed by atoms with Crippen molar-refractivity contribution in [2.75, 3.05) is 6.16 Å². The first-order chi connectivity index (χ1) is 6.27. The molecule has 0 aliphatic carbocycles. The van der Waals surface area contributed by atoms with Crippen LogP contribution in [0.25, 0.3) is 0 Å². The predicted molar refractivity (Wildman–Crippen MR) is 58.7 cm³/mol. The van der Waals surface area contributed by atoms with Gasteiger partial charge in [-0.25, -0.2) is 0 Å². The fraction of sp³-hybridized carbons (Fsp3) is 1.00. The second-order valence-corrected chi connectivity index (χ2v) is 4.91. The predicted octanol–water partition coefficient (Wildman–Crippen LogP) is 3.59. The molecule has 0 aromatic heterocycles. The largest absolute Gasteiger partial charge is 0.346 e. The minimum Gasteiger partial charge on any atom is -0.346 e. The summed E-state index contributed by atoms with van der Waals surface area (Å²) in [7, 11) is -2.19. The zero-order valence-corrected chi connectivity index (χ0v) is 11.0. The van der Waals surface area contributed by atoms with E-state index in [1.165, 1.54) is 38.5 Å². The third-order valence-electron chi connectivity index (χ3n) is 2.24. The molecule has 0 radical (unpaired) electrons. The van der Waals surface area contributed by atoms with Gasteiger partial charge in [-0.15, -0.1) is 0 Å². The van der Waals surface area contributed by atoms with Crippen LogP contribution in [-0.2, 0) is 21.1 Å². The first kappa shape index (κ1) is 17.1. The molecule has 14 heavy (non-hydrogen) atoms. The van der Waals surface area contributed by atoms with Crippen LogP contribution in [0.15, 0.2) is 0 Å². The quantitative estimate of drug-likeness (QED) is 0.393. The molecule has 0 amide bonds. The Morgan fingerprint density at radius 2 is 1.36 bits per heavy atom. The van der Waals surface area contributed by atoms with Gasteiger partial charge in [0.1, 0.15) is 0 Å². The molecule has 0 rings (SSSR count). The second kappa shape index (κ2) is 13.7. The van der Waals surface area contributed by atoms with Crippen molar-refractivity contribution < 1.29 is 25.9 Å². The van der Waals surface area contributed by atoms with Crippen molar-refractivity contribution in [3.63, 3.8) is 0 Å². The molecule has 0 saturated carbocycles. The van der Waals surface area contributed by atoms with E-state index in [1.807, 2.05) is 0 Å². The average Bonchev–Trinajstić information content (AvgIpc) is 2.09. The Bertz CT molecular complexity index is 131. The molecular weight excluding hydrogens is 242 g/mol. The summed E-state index contributed by atoms with van der Waals surface area (Å²) in [6.07, 6.45) is 10.5. The zero-order chi connectivity index (χ0) is 9.94. The maximum atomic E-state index is 10.4. The third-order valence-corrected chi connectivity index (χ3v) is 3.03. The molecule has 0 bridgehead atoms. The van der Waals surface area contributed by atoms with E-state index in [-0.39, 0.29) is 16.5 Å². The van der Waals surface area contributed by atoms with Crippen molar-refractivity contribution in [2.45, 2.75) is 58.3 Å². The van der Waals surface area contributed by atoms with Gasteiger partial charge in [0.05, 0.1) is 0 Å². The molecule has 0 aliphatic heterocycles. The summed E-state index contributed by atoms with van der Waals surface area (Å²) < 4.78 is 10.4.